The Morgan fingerprint density at radius 1 is 0.733 bits per heavy atom. The fourth-order valence-corrected chi connectivity index (χ4v) is 6.20. The van der Waals surface area contributed by atoms with Gasteiger partial charge in [0.15, 0.2) is 0 Å². The maximum Gasteiger partial charge on any atom is 0.292 e. The molecule has 15 heavy (non-hydrogen) atoms. The third-order valence-corrected chi connectivity index (χ3v) is 8.12. The third kappa shape index (κ3) is 5.26. The molecule has 0 aliphatic carbocycles. The summed E-state index contributed by atoms with van der Waals surface area (Å²) in [5, 5.41) is 0. The summed E-state index contributed by atoms with van der Waals surface area (Å²) in [6, 6.07) is 0. The SMILES string of the molecule is CCN(CC)[Si](C)O[Si](C)N(CC)CC. The molecule has 0 heterocycles. The van der Waals surface area contributed by atoms with Crippen LogP contribution < -0.4 is 0 Å². The van der Waals surface area contributed by atoms with E-state index < -0.39 is 18.4 Å². The molecule has 0 aromatic carbocycles. The van der Waals surface area contributed by atoms with Gasteiger partial charge >= 0.3 is 0 Å². The number of hydrogen-bond acceptors (Lipinski definition) is 3. The van der Waals surface area contributed by atoms with E-state index in [1.807, 2.05) is 0 Å². The number of nitrogens with zero attached hydrogens (tertiary/aromatic N) is 2. The van der Waals surface area contributed by atoms with Gasteiger partial charge in [0, 0.05) is 0 Å². The monoisotopic (exact) mass is 246 g/mol. The smallest absolute Gasteiger partial charge is 0.292 e. The van der Waals surface area contributed by atoms with Gasteiger partial charge in [-0.3, -0.25) is 0 Å². The summed E-state index contributed by atoms with van der Waals surface area (Å²) >= 11 is 0. The van der Waals surface area contributed by atoms with E-state index >= 15 is 0 Å². The van der Waals surface area contributed by atoms with Crippen molar-refractivity contribution >= 4 is 18.4 Å². The molecule has 0 saturated heterocycles. The van der Waals surface area contributed by atoms with Crippen LogP contribution in [-0.2, 0) is 4.12 Å². The average molecular weight is 247 g/mol. The molecule has 0 amide bonds. The van der Waals surface area contributed by atoms with Crippen molar-refractivity contribution in [1.29, 1.82) is 0 Å². The zero-order valence-electron chi connectivity index (χ0n) is 11.1. The van der Waals surface area contributed by atoms with Gasteiger partial charge in [-0.05, 0) is 39.3 Å². The van der Waals surface area contributed by atoms with E-state index in [4.69, 9.17) is 4.12 Å². The second kappa shape index (κ2) is 8.46. The van der Waals surface area contributed by atoms with E-state index in [9.17, 15) is 0 Å². The molecule has 0 atom stereocenters. The first-order valence-electron chi connectivity index (χ1n) is 5.95. The van der Waals surface area contributed by atoms with E-state index in [2.05, 4.69) is 49.9 Å². The molecule has 0 aromatic heterocycles. The Morgan fingerprint density at radius 2 is 1.00 bits per heavy atom. The standard InChI is InChI=1S/C10H26N2OSi2/c1-7-11(8-2)14(5)13-15(6)12(9-3)10-4/h7-10H2,1-6H3. The molecule has 0 aliphatic heterocycles. The molecular weight excluding hydrogens is 220 g/mol. The first-order valence-corrected chi connectivity index (χ1v) is 9.66. The Morgan fingerprint density at radius 3 is 1.20 bits per heavy atom. The van der Waals surface area contributed by atoms with Gasteiger partial charge in [-0.15, -0.1) is 0 Å². The molecule has 2 radical (unpaired) electrons. The van der Waals surface area contributed by atoms with Crippen LogP contribution in [0, 0.1) is 0 Å². The summed E-state index contributed by atoms with van der Waals surface area (Å²) in [6.45, 7) is 17.8. The van der Waals surface area contributed by atoms with E-state index in [1.54, 1.807) is 0 Å². The van der Waals surface area contributed by atoms with E-state index in [1.165, 1.54) is 0 Å². The highest BCUT2D eigenvalue weighted by atomic mass is 28.4. The first kappa shape index (κ1) is 15.3. The Bertz CT molecular complexity index is 136. The molecule has 90 valence electrons. The second-order valence-corrected chi connectivity index (χ2v) is 7.64. The molecule has 0 spiro atoms. The lowest BCUT2D eigenvalue weighted by Gasteiger charge is -2.30. The van der Waals surface area contributed by atoms with Gasteiger partial charge in [0.1, 0.15) is 0 Å². The van der Waals surface area contributed by atoms with Crippen LogP contribution in [0.1, 0.15) is 27.7 Å². The maximum atomic E-state index is 6.19. The van der Waals surface area contributed by atoms with Crippen molar-refractivity contribution in [1.82, 2.24) is 9.13 Å². The Hall–Kier alpha value is 0.314. The molecule has 0 aliphatic rings. The molecule has 0 rings (SSSR count). The molecule has 3 nitrogen and oxygen atoms in total. The molecule has 5 heteroatoms. The van der Waals surface area contributed by atoms with E-state index in [-0.39, 0.29) is 0 Å². The van der Waals surface area contributed by atoms with Crippen molar-refractivity contribution in [2.24, 2.45) is 0 Å². The van der Waals surface area contributed by atoms with Crippen LogP contribution in [0.2, 0.25) is 13.1 Å². The van der Waals surface area contributed by atoms with Gasteiger partial charge in [-0.25, -0.2) is 0 Å². The molecule has 0 saturated carbocycles. The van der Waals surface area contributed by atoms with Crippen LogP contribution in [-0.4, -0.2) is 53.7 Å². The highest BCUT2D eigenvalue weighted by Crippen LogP contribution is 2.02. The first-order chi connectivity index (χ1) is 7.10. The van der Waals surface area contributed by atoms with Gasteiger partial charge in [-0.1, -0.05) is 27.7 Å². The summed E-state index contributed by atoms with van der Waals surface area (Å²) in [6.07, 6.45) is 0. The summed E-state index contributed by atoms with van der Waals surface area (Å²) in [5.74, 6) is 0. The minimum Gasteiger partial charge on any atom is -0.432 e. The Balaban J connectivity index is 4.08. The van der Waals surface area contributed by atoms with Crippen LogP contribution in [0.4, 0.5) is 0 Å². The third-order valence-electron chi connectivity index (χ3n) is 2.71. The molecule has 0 N–H and O–H groups in total. The molecule has 0 aromatic rings. The van der Waals surface area contributed by atoms with Crippen molar-refractivity contribution in [3.8, 4) is 0 Å². The van der Waals surface area contributed by atoms with Gasteiger partial charge < -0.3 is 13.2 Å². The van der Waals surface area contributed by atoms with Crippen LogP contribution in [0.3, 0.4) is 0 Å². The van der Waals surface area contributed by atoms with Crippen molar-refractivity contribution in [2.75, 3.05) is 26.2 Å². The second-order valence-electron chi connectivity index (χ2n) is 3.48. The molecule has 0 bridgehead atoms. The topological polar surface area (TPSA) is 15.7 Å². The lowest BCUT2D eigenvalue weighted by molar-refractivity contribution is 0.357. The van der Waals surface area contributed by atoms with Crippen LogP contribution in [0.15, 0.2) is 0 Å². The van der Waals surface area contributed by atoms with E-state index in [0.717, 1.165) is 26.2 Å². The minimum absolute atomic E-state index is 0.756. The minimum atomic E-state index is -0.756. The average Bonchev–Trinajstić information content (AvgIpc) is 2.21. The van der Waals surface area contributed by atoms with Gasteiger partial charge in [-0.2, -0.15) is 0 Å². The zero-order chi connectivity index (χ0) is 11.8. The predicted octanol–water partition coefficient (Wildman–Crippen LogP) is 1.92. The molecule has 0 fully saturated rings. The normalized spacial score (nSPS) is 12.4. The summed E-state index contributed by atoms with van der Waals surface area (Å²) < 4.78 is 11.1. The quantitative estimate of drug-likeness (QED) is 0.609. The number of hydrogen-bond donors (Lipinski definition) is 0. The van der Waals surface area contributed by atoms with Crippen LogP contribution in [0.25, 0.3) is 0 Å². The lowest BCUT2D eigenvalue weighted by atomic mass is 10.7. The highest BCUT2D eigenvalue weighted by Gasteiger charge is 2.22. The van der Waals surface area contributed by atoms with Crippen molar-refractivity contribution in [2.45, 2.75) is 40.8 Å². The molecule has 0 unspecified atom stereocenters. The van der Waals surface area contributed by atoms with Crippen molar-refractivity contribution in [3.63, 3.8) is 0 Å². The van der Waals surface area contributed by atoms with E-state index in [0.29, 0.717) is 0 Å². The summed E-state index contributed by atoms with van der Waals surface area (Å²) in [7, 11) is -1.51. The maximum absolute atomic E-state index is 6.19. The zero-order valence-corrected chi connectivity index (χ0v) is 13.1. The largest absolute Gasteiger partial charge is 0.432 e. The summed E-state index contributed by atoms with van der Waals surface area (Å²) in [4.78, 5) is 0. The van der Waals surface area contributed by atoms with Crippen molar-refractivity contribution in [3.05, 3.63) is 0 Å². The fraction of sp³-hybridized carbons (Fsp3) is 1.00. The Kier molecular flexibility index (Phi) is 8.64. The van der Waals surface area contributed by atoms with Gasteiger partial charge in [0.25, 0.3) is 18.4 Å². The predicted molar refractivity (Wildman–Crippen MR) is 70.2 cm³/mol. The van der Waals surface area contributed by atoms with Crippen LogP contribution >= 0.6 is 0 Å². The highest BCUT2D eigenvalue weighted by molar-refractivity contribution is 6.61. The van der Waals surface area contributed by atoms with Gasteiger partial charge in [0.2, 0.25) is 0 Å². The lowest BCUT2D eigenvalue weighted by Crippen LogP contribution is -2.48. The van der Waals surface area contributed by atoms with Gasteiger partial charge in [0.05, 0.1) is 0 Å². The molecular formula is C10H26N2OSi2. The Labute approximate surface area is 99.0 Å². The van der Waals surface area contributed by atoms with Crippen LogP contribution in [0.5, 0.6) is 0 Å². The number of rotatable bonds is 8. The fourth-order valence-electron chi connectivity index (χ4n) is 1.68. The van der Waals surface area contributed by atoms with Crippen molar-refractivity contribution < 1.29 is 4.12 Å². The summed E-state index contributed by atoms with van der Waals surface area (Å²) in [5.41, 5.74) is 0.